The maximum Gasteiger partial charge on any atom is 0.178 e. The van der Waals surface area contributed by atoms with Crippen LogP contribution >= 0.6 is 0 Å². The van der Waals surface area contributed by atoms with Gasteiger partial charge < -0.3 is 5.73 Å². The highest BCUT2D eigenvalue weighted by Gasteiger charge is 2.69. The molecule has 7 atom stereocenters. The summed E-state index contributed by atoms with van der Waals surface area (Å²) in [6, 6.07) is 2.19. The Bertz CT molecular complexity index is 1090. The van der Waals surface area contributed by atoms with Gasteiger partial charge in [-0.25, -0.2) is 0 Å². The second-order valence-corrected chi connectivity index (χ2v) is 14.5. The number of allylic oxidation sites excluding steroid dienone is 4. The van der Waals surface area contributed by atoms with Gasteiger partial charge in [-0.3, -0.25) is 9.59 Å². The van der Waals surface area contributed by atoms with Crippen molar-refractivity contribution in [1.82, 2.24) is 0 Å². The van der Waals surface area contributed by atoms with Crippen LogP contribution in [0, 0.1) is 56.2 Å². The molecule has 0 aromatic rings. The fourth-order valence-electron chi connectivity index (χ4n) is 9.67. The van der Waals surface area contributed by atoms with Gasteiger partial charge in [0, 0.05) is 22.3 Å². The smallest absolute Gasteiger partial charge is 0.178 e. The first-order valence-electron chi connectivity index (χ1n) is 13.3. The van der Waals surface area contributed by atoms with Crippen molar-refractivity contribution in [2.45, 2.75) is 99.0 Å². The molecule has 3 fully saturated rings. The van der Waals surface area contributed by atoms with Gasteiger partial charge in [-0.05, 0) is 79.1 Å². The molecule has 4 heteroatoms. The lowest BCUT2D eigenvalue weighted by atomic mass is 9.35. The van der Waals surface area contributed by atoms with Crippen molar-refractivity contribution >= 4 is 11.6 Å². The number of carbonyl (C=O) groups is 2. The molecule has 0 bridgehead atoms. The van der Waals surface area contributed by atoms with E-state index in [1.807, 2.05) is 26.0 Å². The first-order valence-corrected chi connectivity index (χ1v) is 13.3. The maximum atomic E-state index is 14.1. The monoisotopic (exact) mass is 462 g/mol. The highest BCUT2D eigenvalue weighted by Crippen LogP contribution is 2.73. The zero-order valence-electron chi connectivity index (χ0n) is 22.2. The fraction of sp³-hybridized carbons (Fsp3) is 0.767. The van der Waals surface area contributed by atoms with Crippen LogP contribution in [-0.4, -0.2) is 17.1 Å². The van der Waals surface area contributed by atoms with Crippen LogP contribution in [0.5, 0.6) is 0 Å². The number of ketones is 2. The minimum Gasteiger partial charge on any atom is -0.325 e. The van der Waals surface area contributed by atoms with Gasteiger partial charge in [-0.2, -0.15) is 5.26 Å². The van der Waals surface area contributed by atoms with Crippen LogP contribution in [-0.2, 0) is 9.59 Å². The third kappa shape index (κ3) is 2.74. The van der Waals surface area contributed by atoms with Gasteiger partial charge >= 0.3 is 0 Å². The van der Waals surface area contributed by atoms with Crippen molar-refractivity contribution in [2.24, 2.45) is 50.6 Å². The third-order valence-electron chi connectivity index (χ3n) is 11.9. The van der Waals surface area contributed by atoms with Gasteiger partial charge in [-0.15, -0.1) is 0 Å². The molecule has 5 aliphatic carbocycles. The lowest BCUT2D eigenvalue weighted by molar-refractivity contribution is -0.158. The molecule has 0 saturated heterocycles. The Morgan fingerprint density at radius 3 is 2.26 bits per heavy atom. The van der Waals surface area contributed by atoms with Crippen LogP contribution in [0.25, 0.3) is 0 Å². The van der Waals surface area contributed by atoms with E-state index in [9.17, 15) is 14.9 Å². The van der Waals surface area contributed by atoms with E-state index in [0.29, 0.717) is 0 Å². The summed E-state index contributed by atoms with van der Waals surface area (Å²) in [5.41, 5.74) is 7.05. The first-order chi connectivity index (χ1) is 15.6. The summed E-state index contributed by atoms with van der Waals surface area (Å²) >= 11 is 0. The molecule has 0 aromatic carbocycles. The van der Waals surface area contributed by atoms with Gasteiger partial charge in [0.25, 0.3) is 0 Å². The van der Waals surface area contributed by atoms with E-state index in [4.69, 9.17) is 5.73 Å². The summed E-state index contributed by atoms with van der Waals surface area (Å²) in [5.74, 6) is 0.413. The van der Waals surface area contributed by atoms with Crippen LogP contribution in [0.1, 0.15) is 93.4 Å². The highest BCUT2D eigenvalue weighted by molar-refractivity contribution is 6.04. The van der Waals surface area contributed by atoms with E-state index in [0.717, 1.165) is 50.5 Å². The third-order valence-corrected chi connectivity index (χ3v) is 11.9. The standard InChI is InChI=1S/C30H42N2O2/c1-25(2)10-12-30(32)13-11-29(7)23(19(30)16-25)20(33)14-22-27(5)15-18(17-31)24(34)26(3,4)21(27)8-9-28(22,29)6/h14-15,19,21,23H,8-13,16,32H2,1-7H3/t19-,21?,23+,27+,28-,29-,30+/m1/s1. The summed E-state index contributed by atoms with van der Waals surface area (Å²) < 4.78 is 0. The number of carbonyl (C=O) groups excluding carboxylic acids is 2. The molecule has 1 unspecified atom stereocenters. The zero-order chi connectivity index (χ0) is 25.1. The Morgan fingerprint density at radius 1 is 0.971 bits per heavy atom. The molecular formula is C30H42N2O2. The van der Waals surface area contributed by atoms with Crippen molar-refractivity contribution in [1.29, 1.82) is 5.26 Å². The molecular weight excluding hydrogens is 420 g/mol. The average Bonchev–Trinajstić information content (AvgIpc) is 2.74. The van der Waals surface area contributed by atoms with Crippen LogP contribution in [0.15, 0.2) is 23.3 Å². The van der Waals surface area contributed by atoms with E-state index in [1.165, 1.54) is 0 Å². The Hall–Kier alpha value is -1.73. The minimum absolute atomic E-state index is 0.0529. The number of hydrogen-bond donors (Lipinski definition) is 1. The van der Waals surface area contributed by atoms with Gasteiger partial charge in [-0.1, -0.05) is 60.1 Å². The lowest BCUT2D eigenvalue weighted by Gasteiger charge is -2.69. The topological polar surface area (TPSA) is 83.9 Å². The molecule has 0 spiro atoms. The van der Waals surface area contributed by atoms with Crippen molar-refractivity contribution in [2.75, 3.05) is 0 Å². The van der Waals surface area contributed by atoms with Crippen LogP contribution in [0.2, 0.25) is 0 Å². The number of rotatable bonds is 0. The number of hydrogen-bond acceptors (Lipinski definition) is 4. The van der Waals surface area contributed by atoms with Crippen molar-refractivity contribution < 1.29 is 9.59 Å². The molecule has 0 aromatic heterocycles. The Balaban J connectivity index is 1.69. The van der Waals surface area contributed by atoms with E-state index in [-0.39, 0.29) is 56.7 Å². The average molecular weight is 463 g/mol. The van der Waals surface area contributed by atoms with Gasteiger partial charge in [0.2, 0.25) is 0 Å². The zero-order valence-corrected chi connectivity index (χ0v) is 22.2. The SMILES string of the molecule is CC1(C)CC[C@]2(N)CC[C@]3(C)[C@H](C(=O)C=C4[C@@]5(C)C=C(C#N)C(=O)C(C)(C)C5CC[C@]43C)[C@H]2C1. The molecule has 4 nitrogen and oxygen atoms in total. The van der Waals surface area contributed by atoms with Gasteiger partial charge in [0.15, 0.2) is 11.6 Å². The summed E-state index contributed by atoms with van der Waals surface area (Å²) in [7, 11) is 0. The first kappa shape index (κ1) is 24.0. The number of fused-ring (bicyclic) bond motifs is 7. The fourth-order valence-corrected chi connectivity index (χ4v) is 9.67. The predicted octanol–water partition coefficient (Wildman–Crippen LogP) is 5.92. The molecule has 3 saturated carbocycles. The summed E-state index contributed by atoms with van der Waals surface area (Å²) in [6.45, 7) is 15.6. The van der Waals surface area contributed by atoms with Crippen molar-refractivity contribution in [3.05, 3.63) is 23.3 Å². The lowest BCUT2D eigenvalue weighted by Crippen LogP contribution is -2.68. The molecule has 0 aliphatic heterocycles. The van der Waals surface area contributed by atoms with Gasteiger partial charge in [0.05, 0.1) is 5.57 Å². The molecule has 2 N–H and O–H groups in total. The molecule has 184 valence electrons. The van der Waals surface area contributed by atoms with Crippen LogP contribution < -0.4 is 5.73 Å². The molecule has 0 amide bonds. The number of nitriles is 1. The summed E-state index contributed by atoms with van der Waals surface area (Å²) in [6.07, 6.45) is 10.9. The van der Waals surface area contributed by atoms with E-state index in [1.54, 1.807) is 0 Å². The number of nitrogens with zero attached hydrogens (tertiary/aromatic N) is 1. The number of Topliss-reactive ketones (excluding diaryl/α,β-unsaturated/α-hetero) is 1. The van der Waals surface area contributed by atoms with E-state index in [2.05, 4.69) is 40.7 Å². The second-order valence-electron chi connectivity index (χ2n) is 14.5. The van der Waals surface area contributed by atoms with Crippen molar-refractivity contribution in [3.63, 3.8) is 0 Å². The largest absolute Gasteiger partial charge is 0.325 e. The Kier molecular flexibility index (Phi) is 4.74. The van der Waals surface area contributed by atoms with E-state index < -0.39 is 10.8 Å². The predicted molar refractivity (Wildman–Crippen MR) is 133 cm³/mol. The minimum atomic E-state index is -0.621. The quantitative estimate of drug-likeness (QED) is 0.484. The summed E-state index contributed by atoms with van der Waals surface area (Å²) in [4.78, 5) is 27.3. The Labute approximate surface area is 205 Å². The van der Waals surface area contributed by atoms with E-state index >= 15 is 0 Å². The number of nitrogens with two attached hydrogens (primary N) is 1. The molecule has 5 rings (SSSR count). The molecule has 34 heavy (non-hydrogen) atoms. The van der Waals surface area contributed by atoms with Crippen molar-refractivity contribution in [3.8, 4) is 6.07 Å². The maximum absolute atomic E-state index is 14.1. The normalized spacial score (nSPS) is 48.9. The second kappa shape index (κ2) is 6.73. The molecule has 5 aliphatic rings. The molecule has 0 heterocycles. The molecule has 0 radical (unpaired) electrons. The summed E-state index contributed by atoms with van der Waals surface area (Å²) in [5, 5.41) is 9.82. The Morgan fingerprint density at radius 2 is 1.62 bits per heavy atom. The highest BCUT2D eigenvalue weighted by atomic mass is 16.1. The van der Waals surface area contributed by atoms with Crippen LogP contribution in [0.4, 0.5) is 0 Å². The van der Waals surface area contributed by atoms with Crippen LogP contribution in [0.3, 0.4) is 0 Å². The van der Waals surface area contributed by atoms with Gasteiger partial charge in [0.1, 0.15) is 6.07 Å².